The number of hydrogen-bond acceptors (Lipinski definition) is 3. The van der Waals surface area contributed by atoms with Crippen LogP contribution in [0.2, 0.25) is 0 Å². The third kappa shape index (κ3) is 3.26. The molecule has 1 radical (unpaired) electrons. The second-order valence-corrected chi connectivity index (χ2v) is 6.48. The van der Waals surface area contributed by atoms with Crippen molar-refractivity contribution in [2.24, 2.45) is 0 Å². The van der Waals surface area contributed by atoms with Crippen LogP contribution >= 0.6 is 11.8 Å². The van der Waals surface area contributed by atoms with Crippen molar-refractivity contribution in [1.82, 2.24) is 15.0 Å². The topological polar surface area (TPSA) is 41.6 Å². The lowest BCUT2D eigenvalue weighted by molar-refractivity contribution is 0.628. The molecule has 0 unspecified atom stereocenters. The van der Waals surface area contributed by atoms with Gasteiger partial charge in [0.25, 0.3) is 0 Å². The van der Waals surface area contributed by atoms with Gasteiger partial charge in [-0.3, -0.25) is 4.98 Å². The Kier molecular flexibility index (Phi) is 4.54. The highest BCUT2D eigenvalue weighted by Crippen LogP contribution is 2.33. The molecule has 2 aromatic heterocycles. The third-order valence-electron chi connectivity index (χ3n) is 4.03. The summed E-state index contributed by atoms with van der Waals surface area (Å²) >= 11 is 1.53. The number of rotatable bonds is 4. The third-order valence-corrected chi connectivity index (χ3v) is 4.61. The largest absolute Gasteiger partial charge is 0.332 e. The molecule has 0 aliphatic heterocycles. The van der Waals surface area contributed by atoms with Crippen LogP contribution in [0.25, 0.3) is 33.8 Å². The fraction of sp³-hybridized carbons (Fsp3) is 0.0476. The molecule has 0 amide bonds. The van der Waals surface area contributed by atoms with Crippen LogP contribution in [0.3, 0.4) is 0 Å². The van der Waals surface area contributed by atoms with Crippen LogP contribution in [-0.4, -0.2) is 21.2 Å². The molecule has 5 heteroatoms. The van der Waals surface area contributed by atoms with Crippen LogP contribution in [0.4, 0.5) is 4.39 Å². The van der Waals surface area contributed by atoms with E-state index in [4.69, 9.17) is 0 Å². The van der Waals surface area contributed by atoms with Crippen molar-refractivity contribution in [1.29, 1.82) is 0 Å². The Labute approximate surface area is 155 Å². The van der Waals surface area contributed by atoms with E-state index in [-0.39, 0.29) is 5.82 Å². The zero-order valence-electron chi connectivity index (χ0n) is 14.0. The van der Waals surface area contributed by atoms with Gasteiger partial charge < -0.3 is 4.98 Å². The zero-order valence-corrected chi connectivity index (χ0v) is 14.8. The normalized spacial score (nSPS) is 10.8. The number of benzene rings is 2. The van der Waals surface area contributed by atoms with Crippen molar-refractivity contribution in [3.8, 4) is 33.8 Å². The van der Waals surface area contributed by atoms with E-state index in [0.29, 0.717) is 0 Å². The number of nitrogens with one attached hydrogen (secondary N) is 1. The number of pyridine rings is 1. The minimum Gasteiger partial charge on any atom is -0.332 e. The molecule has 0 atom stereocenters. The molecule has 1 N–H and O–H groups in total. The van der Waals surface area contributed by atoms with Gasteiger partial charge in [0.15, 0.2) is 5.16 Å². The fourth-order valence-electron chi connectivity index (χ4n) is 2.76. The van der Waals surface area contributed by atoms with Gasteiger partial charge in [0.1, 0.15) is 5.82 Å². The Balaban J connectivity index is 1.83. The average molecular weight is 360 g/mol. The van der Waals surface area contributed by atoms with E-state index in [9.17, 15) is 4.39 Å². The predicted octanol–water partition coefficient (Wildman–Crippen LogP) is 5.47. The molecule has 4 rings (SSSR count). The Morgan fingerprint density at radius 1 is 1.04 bits per heavy atom. The number of aromatic amines is 1. The van der Waals surface area contributed by atoms with E-state index in [1.807, 2.05) is 42.7 Å². The van der Waals surface area contributed by atoms with Crippen LogP contribution in [0.5, 0.6) is 0 Å². The highest BCUT2D eigenvalue weighted by Gasteiger charge is 2.15. The van der Waals surface area contributed by atoms with Gasteiger partial charge in [0, 0.05) is 22.9 Å². The lowest BCUT2D eigenvalue weighted by Gasteiger charge is -2.06. The summed E-state index contributed by atoms with van der Waals surface area (Å²) < 4.78 is 13.3. The monoisotopic (exact) mass is 360 g/mol. The van der Waals surface area contributed by atoms with Crippen molar-refractivity contribution < 1.29 is 4.39 Å². The van der Waals surface area contributed by atoms with Gasteiger partial charge >= 0.3 is 0 Å². The first-order chi connectivity index (χ1) is 12.7. The molecule has 0 fully saturated rings. The molecule has 127 valence electrons. The summed E-state index contributed by atoms with van der Waals surface area (Å²) in [5.41, 5.74) is 5.29. The van der Waals surface area contributed by atoms with Crippen molar-refractivity contribution in [2.75, 3.05) is 6.26 Å². The van der Waals surface area contributed by atoms with E-state index in [1.54, 1.807) is 18.3 Å². The number of halogens is 1. The maximum Gasteiger partial charge on any atom is 0.166 e. The van der Waals surface area contributed by atoms with Crippen molar-refractivity contribution in [2.45, 2.75) is 5.16 Å². The lowest BCUT2D eigenvalue weighted by atomic mass is 10.0. The molecule has 26 heavy (non-hydrogen) atoms. The predicted molar refractivity (Wildman–Crippen MR) is 103 cm³/mol. The van der Waals surface area contributed by atoms with E-state index in [0.717, 1.165) is 38.9 Å². The van der Waals surface area contributed by atoms with Gasteiger partial charge in [0.2, 0.25) is 0 Å². The molecule has 0 aliphatic carbocycles. The molecule has 2 heterocycles. The van der Waals surface area contributed by atoms with Gasteiger partial charge in [-0.15, -0.1) is 0 Å². The van der Waals surface area contributed by atoms with Crippen LogP contribution in [0.1, 0.15) is 0 Å². The van der Waals surface area contributed by atoms with E-state index < -0.39 is 0 Å². The van der Waals surface area contributed by atoms with Gasteiger partial charge in [-0.25, -0.2) is 9.37 Å². The molecular formula is C21H15FN3S. The van der Waals surface area contributed by atoms with Gasteiger partial charge in [0.05, 0.1) is 17.1 Å². The van der Waals surface area contributed by atoms with Gasteiger partial charge in [-0.2, -0.15) is 0 Å². The highest BCUT2D eigenvalue weighted by atomic mass is 32.2. The fourth-order valence-corrected chi connectivity index (χ4v) is 3.15. The number of hydrogen-bond donors (Lipinski definition) is 1. The Morgan fingerprint density at radius 2 is 1.88 bits per heavy atom. The SMILES string of the molecule is CSc1nc(-c2ccc(F)cc2)c(-c2ccnc(-c3[c]cccc3)c2)[nH]1. The molecule has 0 aliphatic rings. The summed E-state index contributed by atoms with van der Waals surface area (Å²) in [4.78, 5) is 12.5. The molecule has 0 bridgehead atoms. The molecular weight excluding hydrogens is 345 g/mol. The molecule has 0 saturated carbocycles. The summed E-state index contributed by atoms with van der Waals surface area (Å²) in [5, 5.41) is 0.809. The summed E-state index contributed by atoms with van der Waals surface area (Å²) in [6, 6.07) is 21.3. The Bertz CT molecular complexity index is 1030. The second kappa shape index (κ2) is 7.14. The minimum absolute atomic E-state index is 0.262. The van der Waals surface area contributed by atoms with Crippen LogP contribution < -0.4 is 0 Å². The second-order valence-electron chi connectivity index (χ2n) is 5.68. The van der Waals surface area contributed by atoms with E-state index in [2.05, 4.69) is 21.0 Å². The van der Waals surface area contributed by atoms with E-state index in [1.165, 1.54) is 23.9 Å². The quantitative estimate of drug-likeness (QED) is 0.491. The Morgan fingerprint density at radius 3 is 2.62 bits per heavy atom. The lowest BCUT2D eigenvalue weighted by Crippen LogP contribution is -1.88. The highest BCUT2D eigenvalue weighted by molar-refractivity contribution is 7.98. The van der Waals surface area contributed by atoms with Gasteiger partial charge in [-0.1, -0.05) is 36.0 Å². The standard InChI is InChI=1S/C21H15FN3S/c1-26-21-24-19(15-7-9-17(22)10-8-15)20(25-21)16-11-12-23-18(13-16)14-5-3-2-4-6-14/h2-5,7-13H,1H3,(H,24,25). The first-order valence-electron chi connectivity index (χ1n) is 8.08. The molecule has 2 aromatic carbocycles. The number of H-pyrrole nitrogens is 1. The first-order valence-corrected chi connectivity index (χ1v) is 9.30. The molecule has 3 nitrogen and oxygen atoms in total. The number of imidazole rings is 1. The van der Waals surface area contributed by atoms with Crippen LogP contribution in [0.15, 0.2) is 72.0 Å². The summed E-state index contributed by atoms with van der Waals surface area (Å²) in [6.45, 7) is 0. The first kappa shape index (κ1) is 16.5. The number of aromatic nitrogens is 3. The maximum atomic E-state index is 13.3. The Hall–Kier alpha value is -2.92. The summed E-state index contributed by atoms with van der Waals surface area (Å²) in [6.07, 6.45) is 3.74. The average Bonchev–Trinajstić information content (AvgIpc) is 3.14. The van der Waals surface area contributed by atoms with Crippen molar-refractivity contribution >= 4 is 11.8 Å². The van der Waals surface area contributed by atoms with Crippen LogP contribution in [0, 0.1) is 11.9 Å². The minimum atomic E-state index is -0.262. The van der Waals surface area contributed by atoms with Gasteiger partial charge in [-0.05, 0) is 48.7 Å². The smallest absolute Gasteiger partial charge is 0.166 e. The van der Waals surface area contributed by atoms with E-state index >= 15 is 0 Å². The molecule has 0 spiro atoms. The van der Waals surface area contributed by atoms with Crippen molar-refractivity contribution in [3.63, 3.8) is 0 Å². The molecule has 0 saturated heterocycles. The van der Waals surface area contributed by atoms with Crippen LogP contribution in [-0.2, 0) is 0 Å². The number of thioether (sulfide) groups is 1. The number of nitrogens with zero attached hydrogens (tertiary/aromatic N) is 2. The summed E-state index contributed by atoms with van der Waals surface area (Å²) in [7, 11) is 0. The molecule has 4 aromatic rings. The maximum absolute atomic E-state index is 13.3. The summed E-state index contributed by atoms with van der Waals surface area (Å²) in [5.74, 6) is -0.262. The van der Waals surface area contributed by atoms with Crippen molar-refractivity contribution in [3.05, 3.63) is 78.7 Å². The zero-order chi connectivity index (χ0) is 17.9.